The van der Waals surface area contributed by atoms with E-state index in [-0.39, 0.29) is 0 Å². The van der Waals surface area contributed by atoms with Gasteiger partial charge in [-0.15, -0.1) is 0 Å². The molecule has 0 radical (unpaired) electrons. The molecule has 0 heterocycles. The van der Waals surface area contributed by atoms with Crippen LogP contribution in [0.4, 0.5) is 0 Å². The lowest BCUT2D eigenvalue weighted by Crippen LogP contribution is -2.50. The van der Waals surface area contributed by atoms with Gasteiger partial charge >= 0.3 is 0 Å². The van der Waals surface area contributed by atoms with Gasteiger partial charge in [0.25, 0.3) is 0 Å². The first-order valence-corrected chi connectivity index (χ1v) is 6.64. The standard InChI is InChI=1S/C12H28N.NO3/c1-5-9-13(10-6-2,11-7-3)12-8-4;2-1(3)4/h5-12H2,1-4H3;/q+1;-1. The van der Waals surface area contributed by atoms with E-state index in [1.807, 2.05) is 0 Å². The van der Waals surface area contributed by atoms with Crippen LogP contribution < -0.4 is 0 Å². The molecule has 0 aliphatic heterocycles. The van der Waals surface area contributed by atoms with Crippen LogP contribution in [0.25, 0.3) is 0 Å². The molecule has 104 valence electrons. The van der Waals surface area contributed by atoms with Crippen molar-refractivity contribution < 1.29 is 9.57 Å². The van der Waals surface area contributed by atoms with E-state index in [4.69, 9.17) is 15.3 Å². The number of quaternary nitrogens is 1. The Morgan fingerprint density at radius 2 is 0.941 bits per heavy atom. The molecule has 5 nitrogen and oxygen atoms in total. The lowest BCUT2D eigenvalue weighted by atomic mass is 10.2. The van der Waals surface area contributed by atoms with E-state index in [2.05, 4.69) is 27.7 Å². The Labute approximate surface area is 105 Å². The van der Waals surface area contributed by atoms with Gasteiger partial charge in [0.15, 0.2) is 0 Å². The van der Waals surface area contributed by atoms with E-state index in [0.29, 0.717) is 0 Å². The average Bonchev–Trinajstić information content (AvgIpc) is 2.18. The minimum absolute atomic E-state index is 1.33. The molecule has 0 aromatic rings. The van der Waals surface area contributed by atoms with Crippen LogP contribution in [0.1, 0.15) is 53.4 Å². The first-order chi connectivity index (χ1) is 7.97. The maximum Gasteiger partial charge on any atom is 0.0783 e. The van der Waals surface area contributed by atoms with Crippen molar-refractivity contribution in [3.05, 3.63) is 15.3 Å². The highest BCUT2D eigenvalue weighted by Crippen LogP contribution is 2.12. The second-order valence-corrected chi connectivity index (χ2v) is 4.46. The van der Waals surface area contributed by atoms with Crippen molar-refractivity contribution in [1.29, 1.82) is 0 Å². The molecule has 0 aliphatic rings. The van der Waals surface area contributed by atoms with Gasteiger partial charge in [-0.3, -0.25) is 0 Å². The highest BCUT2D eigenvalue weighted by molar-refractivity contribution is 4.43. The van der Waals surface area contributed by atoms with Crippen LogP contribution in [0.15, 0.2) is 0 Å². The molecule has 0 saturated carbocycles. The van der Waals surface area contributed by atoms with E-state index < -0.39 is 5.09 Å². The third-order valence-electron chi connectivity index (χ3n) is 2.79. The molecule has 0 saturated heterocycles. The first-order valence-electron chi connectivity index (χ1n) is 6.64. The van der Waals surface area contributed by atoms with Crippen LogP contribution in [0.3, 0.4) is 0 Å². The molecule has 0 aliphatic carbocycles. The molecule has 0 rings (SSSR count). The maximum absolute atomic E-state index is 8.25. The molecule has 0 aromatic heterocycles. The normalized spacial score (nSPS) is 10.6. The molecule has 0 unspecified atom stereocenters. The van der Waals surface area contributed by atoms with Gasteiger partial charge in [-0.1, -0.05) is 27.7 Å². The van der Waals surface area contributed by atoms with Crippen LogP contribution in [0.2, 0.25) is 0 Å². The summed E-state index contributed by atoms with van der Waals surface area (Å²) in [6, 6.07) is 0. The molecule has 0 amide bonds. The van der Waals surface area contributed by atoms with E-state index in [1.165, 1.54) is 56.3 Å². The van der Waals surface area contributed by atoms with Crippen LogP contribution >= 0.6 is 0 Å². The summed E-state index contributed by atoms with van der Waals surface area (Å²) in [5.41, 5.74) is 0. The fourth-order valence-electron chi connectivity index (χ4n) is 2.57. The topological polar surface area (TPSA) is 66.2 Å². The summed E-state index contributed by atoms with van der Waals surface area (Å²) in [6.07, 6.45) is 5.33. The fourth-order valence-corrected chi connectivity index (χ4v) is 2.57. The van der Waals surface area contributed by atoms with Gasteiger partial charge in [-0.2, -0.15) is 0 Å². The van der Waals surface area contributed by atoms with E-state index in [9.17, 15) is 0 Å². The van der Waals surface area contributed by atoms with Crippen molar-refractivity contribution in [1.82, 2.24) is 0 Å². The smallest absolute Gasteiger partial charge is 0.0783 e. The number of nitrogens with zero attached hydrogens (tertiary/aromatic N) is 2. The molecular weight excluding hydrogens is 220 g/mol. The van der Waals surface area contributed by atoms with Crippen molar-refractivity contribution in [3.8, 4) is 0 Å². The third-order valence-corrected chi connectivity index (χ3v) is 2.79. The summed E-state index contributed by atoms with van der Waals surface area (Å²) in [5.74, 6) is 0. The zero-order valence-electron chi connectivity index (χ0n) is 11.8. The largest absolute Gasteiger partial charge is 0.356 e. The summed E-state index contributed by atoms with van der Waals surface area (Å²) in [6.45, 7) is 14.8. The first kappa shape index (κ1) is 18.5. The minimum atomic E-state index is -1.75. The number of rotatable bonds is 8. The molecule has 0 aromatic carbocycles. The summed E-state index contributed by atoms with van der Waals surface area (Å²) in [4.78, 5) is 8.25. The van der Waals surface area contributed by atoms with Crippen LogP contribution in [0.5, 0.6) is 0 Å². The van der Waals surface area contributed by atoms with Crippen molar-refractivity contribution >= 4 is 0 Å². The predicted octanol–water partition coefficient (Wildman–Crippen LogP) is 3.20. The van der Waals surface area contributed by atoms with Gasteiger partial charge in [-0.25, -0.2) is 0 Å². The minimum Gasteiger partial charge on any atom is -0.356 e. The van der Waals surface area contributed by atoms with E-state index in [1.54, 1.807) is 0 Å². The quantitative estimate of drug-likeness (QED) is 0.376. The summed E-state index contributed by atoms with van der Waals surface area (Å²) in [7, 11) is 0. The van der Waals surface area contributed by atoms with Gasteiger partial charge in [0, 0.05) is 0 Å². The SMILES string of the molecule is CCC[N+](CCC)(CCC)CCC.O=[N+]([O-])[O-]. The molecule has 5 heteroatoms. The zero-order valence-corrected chi connectivity index (χ0v) is 11.8. The fraction of sp³-hybridized carbons (Fsp3) is 1.00. The maximum atomic E-state index is 8.25. The van der Waals surface area contributed by atoms with E-state index in [0.717, 1.165) is 0 Å². The number of hydrogen-bond acceptors (Lipinski definition) is 3. The molecular formula is C12H28N2O3. The Morgan fingerprint density at radius 1 is 0.765 bits per heavy atom. The van der Waals surface area contributed by atoms with Gasteiger partial charge < -0.3 is 19.8 Å². The Balaban J connectivity index is 0. The van der Waals surface area contributed by atoms with Crippen molar-refractivity contribution in [2.45, 2.75) is 53.4 Å². The second kappa shape index (κ2) is 11.6. The van der Waals surface area contributed by atoms with Crippen molar-refractivity contribution in [2.24, 2.45) is 0 Å². The average molecular weight is 248 g/mol. The highest BCUT2D eigenvalue weighted by Gasteiger charge is 2.22. The summed E-state index contributed by atoms with van der Waals surface area (Å²) >= 11 is 0. The lowest BCUT2D eigenvalue weighted by molar-refractivity contribution is -0.928. The second-order valence-electron chi connectivity index (χ2n) is 4.46. The molecule has 0 atom stereocenters. The van der Waals surface area contributed by atoms with Gasteiger partial charge in [0.05, 0.1) is 31.3 Å². The Kier molecular flexibility index (Phi) is 12.7. The summed E-state index contributed by atoms with van der Waals surface area (Å²) < 4.78 is 1.38. The van der Waals surface area contributed by atoms with Crippen molar-refractivity contribution in [2.75, 3.05) is 26.2 Å². The molecule has 0 spiro atoms. The molecule has 0 N–H and O–H groups in total. The van der Waals surface area contributed by atoms with Crippen LogP contribution in [-0.2, 0) is 0 Å². The van der Waals surface area contributed by atoms with Crippen LogP contribution in [0, 0.1) is 15.3 Å². The third kappa shape index (κ3) is 11.4. The Morgan fingerprint density at radius 3 is 1.06 bits per heavy atom. The van der Waals surface area contributed by atoms with Crippen molar-refractivity contribution in [3.63, 3.8) is 0 Å². The molecule has 0 fully saturated rings. The van der Waals surface area contributed by atoms with Crippen LogP contribution in [-0.4, -0.2) is 35.7 Å². The van der Waals surface area contributed by atoms with Gasteiger partial charge in [-0.05, 0) is 25.7 Å². The lowest BCUT2D eigenvalue weighted by Gasteiger charge is -2.38. The summed E-state index contributed by atoms with van der Waals surface area (Å²) in [5, 5.41) is 14.8. The Hall–Kier alpha value is -0.840. The monoisotopic (exact) mass is 248 g/mol. The highest BCUT2D eigenvalue weighted by atomic mass is 16.9. The van der Waals surface area contributed by atoms with Gasteiger partial charge in [0.2, 0.25) is 0 Å². The van der Waals surface area contributed by atoms with Gasteiger partial charge in [0.1, 0.15) is 0 Å². The van der Waals surface area contributed by atoms with E-state index >= 15 is 0 Å². The molecule has 0 bridgehead atoms. The molecule has 17 heavy (non-hydrogen) atoms. The Bertz CT molecular complexity index is 153. The zero-order chi connectivity index (χ0) is 13.7. The number of hydrogen-bond donors (Lipinski definition) is 0. The predicted molar refractivity (Wildman–Crippen MR) is 71.3 cm³/mol.